The summed E-state index contributed by atoms with van der Waals surface area (Å²) in [6.07, 6.45) is 0.568. The number of primary sulfonamides is 1. The molecule has 6 nitrogen and oxygen atoms in total. The van der Waals surface area contributed by atoms with Gasteiger partial charge in [0.2, 0.25) is 10.0 Å². The van der Waals surface area contributed by atoms with Gasteiger partial charge in [-0.3, -0.25) is 4.79 Å². The zero-order chi connectivity index (χ0) is 15.8. The number of carbonyl (C=O) groups is 1. The fraction of sp³-hybridized carbons (Fsp3) is 0.417. The summed E-state index contributed by atoms with van der Waals surface area (Å²) in [6, 6.07) is 2.12. The summed E-state index contributed by atoms with van der Waals surface area (Å²) in [5, 5.41) is 7.74. The van der Waals surface area contributed by atoms with Crippen LogP contribution >= 0.6 is 23.2 Å². The Morgan fingerprint density at radius 3 is 2.57 bits per heavy atom. The molecule has 1 fully saturated rings. The Balaban J connectivity index is 2.33. The van der Waals surface area contributed by atoms with Crippen LogP contribution in [0.2, 0.25) is 10.0 Å². The van der Waals surface area contributed by atoms with Crippen LogP contribution < -0.4 is 10.5 Å². The summed E-state index contributed by atoms with van der Waals surface area (Å²) >= 11 is 11.7. The fourth-order valence-electron chi connectivity index (χ4n) is 2.09. The van der Waals surface area contributed by atoms with Crippen LogP contribution in [-0.2, 0) is 14.8 Å². The second-order valence-corrected chi connectivity index (χ2v) is 7.10. The number of carbonyl (C=O) groups excluding carboxylic acids is 1. The van der Waals surface area contributed by atoms with Crippen LogP contribution in [0.15, 0.2) is 17.0 Å². The Morgan fingerprint density at radius 2 is 2.05 bits per heavy atom. The van der Waals surface area contributed by atoms with Crippen molar-refractivity contribution in [3.8, 4) is 0 Å². The number of halogens is 2. The molecule has 2 atom stereocenters. The van der Waals surface area contributed by atoms with Gasteiger partial charge in [0.15, 0.2) is 0 Å². The van der Waals surface area contributed by atoms with E-state index in [1.54, 1.807) is 0 Å². The van der Waals surface area contributed by atoms with Gasteiger partial charge in [0.25, 0.3) is 5.91 Å². The van der Waals surface area contributed by atoms with Crippen LogP contribution in [0.5, 0.6) is 0 Å². The number of nitrogens with two attached hydrogens (primary N) is 1. The molecule has 2 rings (SSSR count). The lowest BCUT2D eigenvalue weighted by molar-refractivity contribution is 0.0866. The van der Waals surface area contributed by atoms with E-state index < -0.39 is 15.9 Å². The molecule has 2 unspecified atom stereocenters. The third kappa shape index (κ3) is 3.67. The topological polar surface area (TPSA) is 98.5 Å². The largest absolute Gasteiger partial charge is 0.376 e. The second kappa shape index (κ2) is 6.10. The number of amides is 1. The molecule has 1 saturated heterocycles. The Hall–Kier alpha value is -0.860. The van der Waals surface area contributed by atoms with Gasteiger partial charge in [-0.1, -0.05) is 23.2 Å². The predicted molar refractivity (Wildman–Crippen MR) is 79.1 cm³/mol. The molecular formula is C12H14Cl2N2O4S. The molecule has 9 heteroatoms. The van der Waals surface area contributed by atoms with Gasteiger partial charge in [-0.25, -0.2) is 13.6 Å². The van der Waals surface area contributed by atoms with Crippen LogP contribution in [0.25, 0.3) is 0 Å². The molecule has 0 radical (unpaired) electrons. The number of nitrogens with one attached hydrogen (secondary N) is 1. The number of hydrogen-bond donors (Lipinski definition) is 2. The molecule has 1 aromatic rings. The van der Waals surface area contributed by atoms with E-state index in [0.717, 1.165) is 6.07 Å². The maximum Gasteiger partial charge on any atom is 0.253 e. The molecule has 0 bridgehead atoms. The number of sulfonamides is 1. The van der Waals surface area contributed by atoms with Crippen LogP contribution in [0, 0.1) is 0 Å². The van der Waals surface area contributed by atoms with Crippen molar-refractivity contribution in [2.45, 2.75) is 30.4 Å². The lowest BCUT2D eigenvalue weighted by Gasteiger charge is -2.17. The number of benzene rings is 1. The first-order valence-electron chi connectivity index (χ1n) is 6.14. The van der Waals surface area contributed by atoms with Crippen molar-refractivity contribution in [2.75, 3.05) is 6.61 Å². The third-order valence-corrected chi connectivity index (χ3v) is 4.95. The molecule has 0 aromatic heterocycles. The van der Waals surface area contributed by atoms with Gasteiger partial charge < -0.3 is 10.1 Å². The van der Waals surface area contributed by atoms with E-state index in [-0.39, 0.29) is 32.7 Å². The van der Waals surface area contributed by atoms with Crippen molar-refractivity contribution in [1.29, 1.82) is 0 Å². The maximum atomic E-state index is 12.2. The fourth-order valence-corrected chi connectivity index (χ4v) is 3.49. The number of ether oxygens (including phenoxy) is 1. The summed E-state index contributed by atoms with van der Waals surface area (Å²) in [6.45, 7) is 2.40. The van der Waals surface area contributed by atoms with Gasteiger partial charge in [-0.2, -0.15) is 0 Å². The van der Waals surface area contributed by atoms with E-state index in [1.807, 2.05) is 6.92 Å². The minimum absolute atomic E-state index is 0.00388. The highest BCUT2D eigenvalue weighted by molar-refractivity contribution is 7.89. The van der Waals surface area contributed by atoms with E-state index in [1.165, 1.54) is 6.07 Å². The SMILES string of the molecule is CC1OCCC1NC(=O)c1cc(S(N)(=O)=O)c(Cl)cc1Cl. The van der Waals surface area contributed by atoms with E-state index in [2.05, 4.69) is 5.32 Å². The van der Waals surface area contributed by atoms with Crippen molar-refractivity contribution >= 4 is 39.1 Å². The smallest absolute Gasteiger partial charge is 0.253 e. The van der Waals surface area contributed by atoms with Crippen molar-refractivity contribution in [2.24, 2.45) is 5.14 Å². The Kier molecular flexibility index (Phi) is 4.79. The molecular weight excluding hydrogens is 339 g/mol. The standard InChI is InChI=1S/C12H14Cl2N2O4S/c1-6-10(2-3-20-6)16-12(17)7-4-11(21(15,18)19)9(14)5-8(7)13/h4-6,10H,2-3H2,1H3,(H,16,17)(H2,15,18,19). The maximum absolute atomic E-state index is 12.2. The van der Waals surface area contributed by atoms with Crippen LogP contribution in [0.3, 0.4) is 0 Å². The van der Waals surface area contributed by atoms with Gasteiger partial charge in [0.1, 0.15) is 4.90 Å². The lowest BCUT2D eigenvalue weighted by Crippen LogP contribution is -2.39. The zero-order valence-corrected chi connectivity index (χ0v) is 13.4. The number of hydrogen-bond acceptors (Lipinski definition) is 4. The summed E-state index contributed by atoms with van der Waals surface area (Å²) in [5.41, 5.74) is 0.00388. The molecule has 0 spiro atoms. The Labute approximate surface area is 132 Å². The van der Waals surface area contributed by atoms with Crippen molar-refractivity contribution in [3.05, 3.63) is 27.7 Å². The van der Waals surface area contributed by atoms with E-state index in [9.17, 15) is 13.2 Å². The highest BCUT2D eigenvalue weighted by Gasteiger charge is 2.27. The molecule has 1 amide bonds. The van der Waals surface area contributed by atoms with Crippen LogP contribution in [0.1, 0.15) is 23.7 Å². The molecule has 21 heavy (non-hydrogen) atoms. The average Bonchev–Trinajstić information content (AvgIpc) is 2.73. The Bertz CT molecular complexity index is 678. The number of rotatable bonds is 3. The van der Waals surface area contributed by atoms with Crippen LogP contribution in [-0.4, -0.2) is 33.1 Å². The molecule has 1 aliphatic heterocycles. The minimum Gasteiger partial charge on any atom is -0.376 e. The lowest BCUT2D eigenvalue weighted by atomic mass is 10.1. The summed E-state index contributed by atoms with van der Waals surface area (Å²) < 4.78 is 28.2. The average molecular weight is 353 g/mol. The van der Waals surface area contributed by atoms with Crippen LogP contribution in [0.4, 0.5) is 0 Å². The van der Waals surface area contributed by atoms with Gasteiger partial charge >= 0.3 is 0 Å². The molecule has 0 saturated carbocycles. The first kappa shape index (κ1) is 16.5. The summed E-state index contributed by atoms with van der Waals surface area (Å²) in [4.78, 5) is 11.9. The van der Waals surface area contributed by atoms with Crippen molar-refractivity contribution in [1.82, 2.24) is 5.32 Å². The Morgan fingerprint density at radius 1 is 1.38 bits per heavy atom. The predicted octanol–water partition coefficient (Wildman–Crippen LogP) is 1.55. The van der Waals surface area contributed by atoms with Gasteiger partial charge in [0, 0.05) is 6.61 Å². The minimum atomic E-state index is -4.04. The van der Waals surface area contributed by atoms with Gasteiger partial charge in [0.05, 0.1) is 27.8 Å². The quantitative estimate of drug-likeness (QED) is 0.861. The first-order chi connectivity index (χ1) is 9.70. The normalized spacial score (nSPS) is 22.3. The highest BCUT2D eigenvalue weighted by atomic mass is 35.5. The molecule has 1 heterocycles. The highest BCUT2D eigenvalue weighted by Crippen LogP contribution is 2.28. The van der Waals surface area contributed by atoms with Crippen molar-refractivity contribution in [3.63, 3.8) is 0 Å². The molecule has 3 N–H and O–H groups in total. The van der Waals surface area contributed by atoms with Gasteiger partial charge in [-0.15, -0.1) is 0 Å². The third-order valence-electron chi connectivity index (χ3n) is 3.27. The van der Waals surface area contributed by atoms with Gasteiger partial charge in [-0.05, 0) is 25.5 Å². The summed E-state index contributed by atoms with van der Waals surface area (Å²) in [7, 11) is -4.04. The molecule has 116 valence electrons. The van der Waals surface area contributed by atoms with E-state index in [0.29, 0.717) is 13.0 Å². The zero-order valence-electron chi connectivity index (χ0n) is 11.1. The first-order valence-corrected chi connectivity index (χ1v) is 8.44. The molecule has 1 aromatic carbocycles. The monoisotopic (exact) mass is 352 g/mol. The molecule has 1 aliphatic rings. The summed E-state index contributed by atoms with van der Waals surface area (Å²) in [5.74, 6) is -0.496. The molecule has 0 aliphatic carbocycles. The second-order valence-electron chi connectivity index (χ2n) is 4.75. The van der Waals surface area contributed by atoms with E-state index in [4.69, 9.17) is 33.1 Å². The van der Waals surface area contributed by atoms with Crippen molar-refractivity contribution < 1.29 is 17.9 Å². The van der Waals surface area contributed by atoms with E-state index >= 15 is 0 Å².